The lowest BCUT2D eigenvalue weighted by molar-refractivity contribution is 0.787. The minimum Gasteiger partial charge on any atom is -0.0609 e. The van der Waals surface area contributed by atoms with Crippen LogP contribution in [0.1, 0.15) is 20.8 Å². The van der Waals surface area contributed by atoms with Crippen LogP contribution in [-0.2, 0) is 0 Å². The topological polar surface area (TPSA) is 0 Å². The van der Waals surface area contributed by atoms with Gasteiger partial charge in [-0.2, -0.15) is 0 Å². The summed E-state index contributed by atoms with van der Waals surface area (Å²) < 4.78 is 1.13. The molecule has 0 aromatic heterocycles. The molecule has 1 aromatic rings. The van der Waals surface area contributed by atoms with Crippen molar-refractivity contribution in [3.63, 3.8) is 0 Å². The van der Waals surface area contributed by atoms with Crippen molar-refractivity contribution in [3.8, 4) is 0 Å². The maximum absolute atomic E-state index is 6.50. The van der Waals surface area contributed by atoms with Crippen LogP contribution >= 0.6 is 23.1 Å². The van der Waals surface area contributed by atoms with Gasteiger partial charge in [0.15, 0.2) is 0 Å². The van der Waals surface area contributed by atoms with E-state index in [1.807, 2.05) is 6.07 Å². The van der Waals surface area contributed by atoms with Crippen molar-refractivity contribution in [2.45, 2.75) is 25.9 Å². The quantitative estimate of drug-likeness (QED) is 0.540. The third-order valence-corrected chi connectivity index (χ3v) is 7.92. The van der Waals surface area contributed by atoms with E-state index in [9.17, 15) is 0 Å². The second-order valence-electron chi connectivity index (χ2n) is 4.70. The summed E-state index contributed by atoms with van der Waals surface area (Å²) in [7, 11) is 4.93. The lowest BCUT2D eigenvalue weighted by Gasteiger charge is -2.33. The molecule has 0 aliphatic rings. The van der Waals surface area contributed by atoms with Crippen LogP contribution in [-0.4, -0.2) is 19.4 Å². The van der Waals surface area contributed by atoms with Crippen molar-refractivity contribution >= 4 is 35.9 Å². The first-order valence-electron chi connectivity index (χ1n) is 4.67. The van der Waals surface area contributed by atoms with E-state index < -0.39 is 7.14 Å². The highest BCUT2D eigenvalue weighted by atomic mass is 79.9. The predicted octanol–water partition coefficient (Wildman–Crippen LogP) is 3.60. The Balaban J connectivity index is 3.23. The third kappa shape index (κ3) is 2.23. The number of hydrogen-bond acceptors (Lipinski definition) is 0. The van der Waals surface area contributed by atoms with Crippen molar-refractivity contribution in [1.29, 1.82) is 0 Å². The Morgan fingerprint density at radius 1 is 1.21 bits per heavy atom. The smallest absolute Gasteiger partial charge is 0.0609 e. The van der Waals surface area contributed by atoms with E-state index in [-0.39, 0.29) is 5.16 Å². The maximum atomic E-state index is 6.50. The summed E-state index contributed by atoms with van der Waals surface area (Å²) in [5.41, 5.74) is 0. The highest BCUT2D eigenvalue weighted by Gasteiger charge is 2.42. The van der Waals surface area contributed by atoms with Crippen LogP contribution in [0, 0.1) is 0 Å². The summed E-state index contributed by atoms with van der Waals surface area (Å²) in [5, 5.41) is 1.42. The minimum absolute atomic E-state index is 0.150. The van der Waals surface area contributed by atoms with Gasteiger partial charge in [0.1, 0.15) is 0 Å². The van der Waals surface area contributed by atoms with Gasteiger partial charge in [-0.25, -0.2) is 0 Å². The van der Waals surface area contributed by atoms with Gasteiger partial charge >= 0.3 is 7.57 Å². The van der Waals surface area contributed by atoms with Gasteiger partial charge in [0.05, 0.1) is 14.9 Å². The van der Waals surface area contributed by atoms with E-state index in [1.54, 1.807) is 0 Å². The Bertz CT molecular complexity index is 328. The molecule has 0 aliphatic carbocycles. The van der Waals surface area contributed by atoms with Gasteiger partial charge in [0, 0.05) is 6.66 Å². The molecule has 1 rings (SSSR count). The molecular weight excluding hydrogens is 254 g/mol. The van der Waals surface area contributed by atoms with Crippen molar-refractivity contribution in [1.82, 2.24) is 0 Å². The number of rotatable bonds is 1. The summed E-state index contributed by atoms with van der Waals surface area (Å²) >= 11 is 3.57. The lowest BCUT2D eigenvalue weighted by Crippen LogP contribution is -2.28. The van der Waals surface area contributed by atoms with Crippen LogP contribution in [0.25, 0.3) is 0 Å². The summed E-state index contributed by atoms with van der Waals surface area (Å²) in [5.74, 6) is 0. The fraction of sp³-hybridized carbons (Fsp3) is 0.455. The standard InChI is InChI=1S/C11H16BBrP/c1-11(2,3)14(4,12)10-8-6-5-7-9(10)13/h5-8H,1-4H3/q+1. The molecule has 0 saturated carbocycles. The number of halogens is 1. The Morgan fingerprint density at radius 3 is 2.14 bits per heavy atom. The Morgan fingerprint density at radius 2 is 1.71 bits per heavy atom. The highest BCUT2D eigenvalue weighted by molar-refractivity contribution is 9.10. The molecule has 0 bridgehead atoms. The van der Waals surface area contributed by atoms with E-state index in [4.69, 9.17) is 7.57 Å². The molecule has 0 spiro atoms. The van der Waals surface area contributed by atoms with Crippen molar-refractivity contribution in [3.05, 3.63) is 28.7 Å². The summed E-state index contributed by atoms with van der Waals surface area (Å²) in [6.45, 7) is 8.81. The fourth-order valence-electron chi connectivity index (χ4n) is 1.19. The SMILES string of the molecule is [B][P+](C)(c1ccccc1Br)C(C)(C)C. The fourth-order valence-corrected chi connectivity index (χ4v) is 4.22. The van der Waals surface area contributed by atoms with Crippen molar-refractivity contribution < 1.29 is 0 Å². The number of hydrogen-bond donors (Lipinski definition) is 0. The second kappa shape index (κ2) is 3.98. The van der Waals surface area contributed by atoms with Gasteiger partial charge < -0.3 is 0 Å². The zero-order valence-corrected chi connectivity index (χ0v) is 11.7. The average Bonchev–Trinajstić information content (AvgIpc) is 2.02. The van der Waals surface area contributed by atoms with E-state index in [1.165, 1.54) is 5.30 Å². The van der Waals surface area contributed by atoms with Gasteiger partial charge in [-0.05, 0) is 56.0 Å². The Labute approximate surface area is 97.3 Å². The zero-order chi connectivity index (χ0) is 11.0. The van der Waals surface area contributed by atoms with E-state index in [0.717, 1.165) is 4.47 Å². The molecule has 0 saturated heterocycles. The van der Waals surface area contributed by atoms with Crippen LogP contribution in [0.3, 0.4) is 0 Å². The molecule has 14 heavy (non-hydrogen) atoms. The monoisotopic (exact) mass is 269 g/mol. The van der Waals surface area contributed by atoms with Crippen molar-refractivity contribution in [2.75, 3.05) is 6.66 Å². The molecular formula is C11H16BBrP+. The Hall–Kier alpha value is 0.195. The van der Waals surface area contributed by atoms with Crippen LogP contribution in [0.5, 0.6) is 0 Å². The molecule has 1 atom stereocenters. The highest BCUT2D eigenvalue weighted by Crippen LogP contribution is 2.61. The third-order valence-electron chi connectivity index (χ3n) is 2.75. The van der Waals surface area contributed by atoms with Crippen LogP contribution in [0.4, 0.5) is 0 Å². The summed E-state index contributed by atoms with van der Waals surface area (Å²) in [4.78, 5) is 0. The molecule has 1 unspecified atom stereocenters. The molecule has 0 aliphatic heterocycles. The maximum Gasteiger partial charge on any atom is 0.371 e. The molecule has 2 radical (unpaired) electrons. The van der Waals surface area contributed by atoms with Gasteiger partial charge in [0.25, 0.3) is 0 Å². The molecule has 0 N–H and O–H groups in total. The zero-order valence-electron chi connectivity index (χ0n) is 9.21. The molecule has 0 nitrogen and oxygen atoms in total. The van der Waals surface area contributed by atoms with Crippen molar-refractivity contribution in [2.24, 2.45) is 0 Å². The number of benzene rings is 1. The Kier molecular flexibility index (Phi) is 3.49. The van der Waals surface area contributed by atoms with Gasteiger partial charge in [-0.1, -0.05) is 12.1 Å². The van der Waals surface area contributed by atoms with Gasteiger partial charge in [-0.3, -0.25) is 0 Å². The molecule has 3 heteroatoms. The van der Waals surface area contributed by atoms with Crippen LogP contribution in [0.2, 0.25) is 0 Å². The lowest BCUT2D eigenvalue weighted by atomic mass is 10.2. The molecule has 0 fully saturated rings. The first-order valence-corrected chi connectivity index (χ1v) is 7.77. The normalized spacial score (nSPS) is 16.4. The van der Waals surface area contributed by atoms with E-state index >= 15 is 0 Å². The van der Waals surface area contributed by atoms with E-state index in [0.29, 0.717) is 0 Å². The second-order valence-corrected chi connectivity index (χ2v) is 9.53. The first-order chi connectivity index (χ1) is 6.27. The van der Waals surface area contributed by atoms with E-state index in [2.05, 4.69) is 61.6 Å². The largest absolute Gasteiger partial charge is 0.371 e. The summed E-state index contributed by atoms with van der Waals surface area (Å²) in [6.07, 6.45) is 0. The molecule has 0 amide bonds. The van der Waals surface area contributed by atoms with Crippen LogP contribution in [0.15, 0.2) is 28.7 Å². The molecule has 0 heterocycles. The summed E-state index contributed by atoms with van der Waals surface area (Å²) in [6, 6.07) is 8.27. The van der Waals surface area contributed by atoms with Crippen LogP contribution < -0.4 is 5.30 Å². The predicted molar refractivity (Wildman–Crippen MR) is 72.1 cm³/mol. The average molecular weight is 270 g/mol. The van der Waals surface area contributed by atoms with Gasteiger partial charge in [-0.15, -0.1) is 0 Å². The minimum atomic E-state index is -1.56. The first kappa shape index (κ1) is 12.3. The molecule has 74 valence electrons. The molecule has 1 aromatic carbocycles. The van der Waals surface area contributed by atoms with Gasteiger partial charge in [0.2, 0.25) is 0 Å².